The number of para-hydroxylation sites is 1. The van der Waals surface area contributed by atoms with Crippen molar-refractivity contribution in [3.63, 3.8) is 0 Å². The van der Waals surface area contributed by atoms with Crippen LogP contribution in [0.4, 0.5) is 0 Å². The zero-order valence-electron chi connectivity index (χ0n) is 10.8. The van der Waals surface area contributed by atoms with E-state index in [4.69, 9.17) is 20.4 Å². The van der Waals surface area contributed by atoms with Gasteiger partial charge in [0.2, 0.25) is 5.89 Å². The SMILES string of the molecule is Clc1cccc(-c2nnc(-c3cc4ccccc4o3)o2)c1. The lowest BCUT2D eigenvalue weighted by molar-refractivity contribution is 0.542. The Morgan fingerprint density at radius 3 is 2.52 bits per heavy atom. The van der Waals surface area contributed by atoms with Crippen molar-refractivity contribution in [2.24, 2.45) is 0 Å². The van der Waals surface area contributed by atoms with E-state index >= 15 is 0 Å². The molecule has 4 nitrogen and oxygen atoms in total. The topological polar surface area (TPSA) is 52.1 Å². The first-order valence-corrected chi connectivity index (χ1v) is 6.76. The quantitative estimate of drug-likeness (QED) is 0.533. The second kappa shape index (κ2) is 4.75. The van der Waals surface area contributed by atoms with Crippen molar-refractivity contribution in [2.45, 2.75) is 0 Å². The van der Waals surface area contributed by atoms with Gasteiger partial charge in [-0.3, -0.25) is 0 Å². The first-order chi connectivity index (χ1) is 10.3. The van der Waals surface area contributed by atoms with Crippen LogP contribution in [0.3, 0.4) is 0 Å². The van der Waals surface area contributed by atoms with E-state index in [9.17, 15) is 0 Å². The Hall–Kier alpha value is -2.59. The number of fused-ring (bicyclic) bond motifs is 1. The van der Waals surface area contributed by atoms with Gasteiger partial charge < -0.3 is 8.83 Å². The molecule has 0 unspecified atom stereocenters. The third-order valence-corrected chi connectivity index (χ3v) is 3.37. The summed E-state index contributed by atoms with van der Waals surface area (Å²) in [5.74, 6) is 1.31. The molecule has 0 atom stereocenters. The van der Waals surface area contributed by atoms with E-state index < -0.39 is 0 Å². The lowest BCUT2D eigenvalue weighted by Gasteiger charge is -1.94. The molecule has 4 aromatic rings. The van der Waals surface area contributed by atoms with Gasteiger partial charge in [0.1, 0.15) is 5.58 Å². The third-order valence-electron chi connectivity index (χ3n) is 3.13. The summed E-state index contributed by atoms with van der Waals surface area (Å²) in [4.78, 5) is 0. The van der Waals surface area contributed by atoms with Gasteiger partial charge in [-0.25, -0.2) is 0 Å². The second-order valence-electron chi connectivity index (χ2n) is 4.57. The maximum Gasteiger partial charge on any atom is 0.283 e. The van der Waals surface area contributed by atoms with Crippen LogP contribution < -0.4 is 0 Å². The van der Waals surface area contributed by atoms with Crippen molar-refractivity contribution < 1.29 is 8.83 Å². The molecule has 0 bridgehead atoms. The highest BCUT2D eigenvalue weighted by atomic mass is 35.5. The Balaban J connectivity index is 1.77. The lowest BCUT2D eigenvalue weighted by Crippen LogP contribution is -1.76. The molecule has 0 aliphatic heterocycles. The monoisotopic (exact) mass is 296 g/mol. The van der Waals surface area contributed by atoms with Crippen LogP contribution in [0, 0.1) is 0 Å². The number of aromatic nitrogens is 2. The smallest absolute Gasteiger partial charge is 0.283 e. The molecule has 0 fully saturated rings. The van der Waals surface area contributed by atoms with Gasteiger partial charge in [-0.15, -0.1) is 10.2 Å². The van der Waals surface area contributed by atoms with E-state index in [-0.39, 0.29) is 0 Å². The van der Waals surface area contributed by atoms with Crippen molar-refractivity contribution in [1.82, 2.24) is 10.2 Å². The average molecular weight is 297 g/mol. The number of rotatable bonds is 2. The number of hydrogen-bond donors (Lipinski definition) is 0. The van der Waals surface area contributed by atoms with Gasteiger partial charge in [-0.1, -0.05) is 35.9 Å². The second-order valence-corrected chi connectivity index (χ2v) is 5.01. The van der Waals surface area contributed by atoms with E-state index in [0.29, 0.717) is 22.6 Å². The van der Waals surface area contributed by atoms with Gasteiger partial charge in [-0.2, -0.15) is 0 Å². The zero-order chi connectivity index (χ0) is 14.2. The number of benzene rings is 2. The Kier molecular flexibility index (Phi) is 2.75. The maximum atomic E-state index is 5.96. The first-order valence-electron chi connectivity index (χ1n) is 6.38. The molecule has 21 heavy (non-hydrogen) atoms. The van der Waals surface area contributed by atoms with Gasteiger partial charge in [0.15, 0.2) is 5.76 Å². The predicted octanol–water partition coefficient (Wildman–Crippen LogP) is 4.80. The number of nitrogens with zero attached hydrogens (tertiary/aromatic N) is 2. The maximum absolute atomic E-state index is 5.96. The standard InChI is InChI=1S/C16H9ClN2O2/c17-12-6-3-5-11(8-12)15-18-19-16(21-15)14-9-10-4-1-2-7-13(10)20-14/h1-9H. The van der Waals surface area contributed by atoms with Crippen LogP contribution in [0.15, 0.2) is 63.4 Å². The Labute approximate surface area is 125 Å². The van der Waals surface area contributed by atoms with Gasteiger partial charge in [-0.05, 0) is 30.3 Å². The van der Waals surface area contributed by atoms with Crippen LogP contribution in [0.1, 0.15) is 0 Å². The molecule has 5 heteroatoms. The highest BCUT2D eigenvalue weighted by Crippen LogP contribution is 2.29. The summed E-state index contributed by atoms with van der Waals surface area (Å²) >= 11 is 5.96. The average Bonchev–Trinajstić information content (AvgIpc) is 3.14. The molecule has 0 aliphatic rings. The Morgan fingerprint density at radius 1 is 0.810 bits per heavy atom. The van der Waals surface area contributed by atoms with E-state index in [1.807, 2.05) is 42.5 Å². The normalized spacial score (nSPS) is 11.1. The molecule has 0 saturated carbocycles. The minimum Gasteiger partial charge on any atom is -0.451 e. The summed E-state index contributed by atoms with van der Waals surface area (Å²) in [7, 11) is 0. The fourth-order valence-corrected chi connectivity index (χ4v) is 2.34. The summed E-state index contributed by atoms with van der Waals surface area (Å²) in [5, 5.41) is 9.69. The van der Waals surface area contributed by atoms with Crippen LogP contribution in [0.2, 0.25) is 5.02 Å². The highest BCUT2D eigenvalue weighted by molar-refractivity contribution is 6.30. The molecular formula is C16H9ClN2O2. The fraction of sp³-hybridized carbons (Fsp3) is 0. The minimum absolute atomic E-state index is 0.348. The molecule has 0 radical (unpaired) electrons. The van der Waals surface area contributed by atoms with E-state index in [0.717, 1.165) is 16.5 Å². The molecule has 2 aromatic heterocycles. The zero-order valence-corrected chi connectivity index (χ0v) is 11.5. The van der Waals surface area contributed by atoms with Crippen molar-refractivity contribution in [1.29, 1.82) is 0 Å². The molecule has 0 spiro atoms. The molecule has 0 amide bonds. The number of furan rings is 1. The Morgan fingerprint density at radius 2 is 1.67 bits per heavy atom. The van der Waals surface area contributed by atoms with Crippen LogP contribution in [-0.4, -0.2) is 10.2 Å². The van der Waals surface area contributed by atoms with Crippen LogP contribution in [0.25, 0.3) is 34.1 Å². The highest BCUT2D eigenvalue weighted by Gasteiger charge is 2.14. The van der Waals surface area contributed by atoms with Crippen molar-refractivity contribution in [3.8, 4) is 23.1 Å². The summed E-state index contributed by atoms with van der Waals surface area (Å²) in [6, 6.07) is 16.9. The fourth-order valence-electron chi connectivity index (χ4n) is 2.15. The summed E-state index contributed by atoms with van der Waals surface area (Å²) in [5.41, 5.74) is 1.56. The first kappa shape index (κ1) is 12.2. The molecule has 4 rings (SSSR count). The predicted molar refractivity (Wildman–Crippen MR) is 80.0 cm³/mol. The summed E-state index contributed by atoms with van der Waals surface area (Å²) in [6.45, 7) is 0. The van der Waals surface area contributed by atoms with E-state index in [2.05, 4.69) is 10.2 Å². The summed E-state index contributed by atoms with van der Waals surface area (Å²) < 4.78 is 11.4. The Bertz CT molecular complexity index is 894. The van der Waals surface area contributed by atoms with Crippen LogP contribution in [-0.2, 0) is 0 Å². The molecule has 0 saturated heterocycles. The summed E-state index contributed by atoms with van der Waals surface area (Å²) in [6.07, 6.45) is 0. The van der Waals surface area contributed by atoms with Crippen LogP contribution in [0.5, 0.6) is 0 Å². The third kappa shape index (κ3) is 2.19. The van der Waals surface area contributed by atoms with Crippen molar-refractivity contribution in [2.75, 3.05) is 0 Å². The van der Waals surface area contributed by atoms with Gasteiger partial charge in [0.25, 0.3) is 5.89 Å². The van der Waals surface area contributed by atoms with Crippen molar-refractivity contribution >= 4 is 22.6 Å². The number of hydrogen-bond acceptors (Lipinski definition) is 4. The molecule has 0 aliphatic carbocycles. The van der Waals surface area contributed by atoms with Gasteiger partial charge in [0, 0.05) is 16.0 Å². The largest absolute Gasteiger partial charge is 0.451 e. The lowest BCUT2D eigenvalue weighted by atomic mass is 10.2. The van der Waals surface area contributed by atoms with Crippen molar-refractivity contribution in [3.05, 3.63) is 59.6 Å². The van der Waals surface area contributed by atoms with E-state index in [1.54, 1.807) is 12.1 Å². The molecule has 2 aromatic carbocycles. The molecular weight excluding hydrogens is 288 g/mol. The van der Waals surface area contributed by atoms with Gasteiger partial charge in [0.05, 0.1) is 0 Å². The molecule has 0 N–H and O–H groups in total. The minimum atomic E-state index is 0.348. The number of halogens is 1. The van der Waals surface area contributed by atoms with Crippen LogP contribution >= 0.6 is 11.6 Å². The molecule has 2 heterocycles. The van der Waals surface area contributed by atoms with E-state index in [1.165, 1.54) is 0 Å². The van der Waals surface area contributed by atoms with Gasteiger partial charge >= 0.3 is 0 Å². The molecule has 102 valence electrons.